The Morgan fingerprint density at radius 1 is 1.14 bits per heavy atom. The molecule has 0 aromatic heterocycles. The van der Waals surface area contributed by atoms with Crippen LogP contribution in [0.5, 0.6) is 5.75 Å². The number of hydrogen-bond acceptors (Lipinski definition) is 4. The molecule has 0 aliphatic rings. The standard InChI is InChI=1S/C18H15Br2Cl2N3O3/c1-10(7-16(26)23-14-4-2-3-13(21)18(14)22)24-25-17(27)9-28-15-6-5-11(19)8-12(15)20/h2-6,8H,7,9H2,1H3,(H,23,26)(H,25,27)/b24-10+. The molecule has 148 valence electrons. The van der Waals surface area contributed by atoms with Gasteiger partial charge in [0.25, 0.3) is 5.91 Å². The van der Waals surface area contributed by atoms with Crippen LogP contribution < -0.4 is 15.5 Å². The van der Waals surface area contributed by atoms with E-state index in [-0.39, 0.29) is 24.0 Å². The Kier molecular flexibility index (Phi) is 8.75. The number of hydrazone groups is 1. The Morgan fingerprint density at radius 3 is 2.61 bits per heavy atom. The summed E-state index contributed by atoms with van der Waals surface area (Å²) in [5, 5.41) is 7.14. The summed E-state index contributed by atoms with van der Waals surface area (Å²) < 4.78 is 7.01. The van der Waals surface area contributed by atoms with E-state index in [1.165, 1.54) is 0 Å². The number of anilines is 1. The summed E-state index contributed by atoms with van der Waals surface area (Å²) in [6, 6.07) is 10.3. The van der Waals surface area contributed by atoms with E-state index in [1.807, 2.05) is 0 Å². The summed E-state index contributed by atoms with van der Waals surface area (Å²) in [6.07, 6.45) is -0.0256. The van der Waals surface area contributed by atoms with E-state index in [9.17, 15) is 9.59 Å². The van der Waals surface area contributed by atoms with Crippen molar-refractivity contribution in [3.63, 3.8) is 0 Å². The van der Waals surface area contributed by atoms with Crippen LogP contribution in [0.1, 0.15) is 13.3 Å². The molecule has 0 aliphatic heterocycles. The van der Waals surface area contributed by atoms with Crippen LogP contribution in [0.2, 0.25) is 10.0 Å². The molecule has 2 aromatic carbocycles. The molecular formula is C18H15Br2Cl2N3O3. The second-order valence-electron chi connectivity index (χ2n) is 5.57. The topological polar surface area (TPSA) is 79.8 Å². The Bertz CT molecular complexity index is 923. The lowest BCUT2D eigenvalue weighted by atomic mass is 10.2. The van der Waals surface area contributed by atoms with Crippen LogP contribution in [0.25, 0.3) is 0 Å². The van der Waals surface area contributed by atoms with Crippen molar-refractivity contribution in [3.8, 4) is 5.75 Å². The van der Waals surface area contributed by atoms with Crippen molar-refractivity contribution in [1.82, 2.24) is 5.43 Å². The maximum absolute atomic E-state index is 12.1. The third-order valence-corrected chi connectivity index (χ3v) is 5.20. The van der Waals surface area contributed by atoms with Gasteiger partial charge in [-0.15, -0.1) is 0 Å². The molecule has 6 nitrogen and oxygen atoms in total. The first kappa shape index (κ1) is 22.7. The molecule has 0 bridgehead atoms. The molecule has 2 rings (SSSR count). The molecule has 2 N–H and O–H groups in total. The Hall–Kier alpha value is -1.61. The van der Waals surface area contributed by atoms with Gasteiger partial charge in [0, 0.05) is 10.2 Å². The molecule has 0 atom stereocenters. The van der Waals surface area contributed by atoms with Crippen LogP contribution in [-0.4, -0.2) is 24.1 Å². The van der Waals surface area contributed by atoms with Crippen LogP contribution >= 0.6 is 55.1 Å². The molecule has 2 aromatic rings. The van der Waals surface area contributed by atoms with Crippen LogP contribution in [0.4, 0.5) is 5.69 Å². The van der Waals surface area contributed by atoms with E-state index in [2.05, 4.69) is 47.7 Å². The third-order valence-electron chi connectivity index (χ3n) is 3.27. The number of rotatable bonds is 7. The molecule has 0 aliphatic carbocycles. The predicted molar refractivity (Wildman–Crippen MR) is 118 cm³/mol. The number of hydrogen-bond donors (Lipinski definition) is 2. The molecule has 0 saturated carbocycles. The fourth-order valence-corrected chi connectivity index (χ4v) is 3.50. The molecule has 10 heteroatoms. The van der Waals surface area contributed by atoms with E-state index >= 15 is 0 Å². The Morgan fingerprint density at radius 2 is 1.89 bits per heavy atom. The quantitative estimate of drug-likeness (QED) is 0.356. The van der Waals surface area contributed by atoms with Crippen LogP contribution in [-0.2, 0) is 9.59 Å². The lowest BCUT2D eigenvalue weighted by Gasteiger charge is -2.09. The van der Waals surface area contributed by atoms with E-state index in [0.29, 0.717) is 26.6 Å². The van der Waals surface area contributed by atoms with Gasteiger partial charge < -0.3 is 10.1 Å². The van der Waals surface area contributed by atoms with Crippen molar-refractivity contribution in [1.29, 1.82) is 0 Å². The highest BCUT2D eigenvalue weighted by atomic mass is 79.9. The first-order valence-electron chi connectivity index (χ1n) is 7.90. The number of ether oxygens (including phenoxy) is 1. The second-order valence-corrected chi connectivity index (χ2v) is 8.13. The van der Waals surface area contributed by atoms with Crippen LogP contribution in [0, 0.1) is 0 Å². The lowest BCUT2D eigenvalue weighted by Crippen LogP contribution is -2.26. The van der Waals surface area contributed by atoms with Gasteiger partial charge in [0.1, 0.15) is 5.75 Å². The van der Waals surface area contributed by atoms with Gasteiger partial charge in [-0.1, -0.05) is 45.2 Å². The van der Waals surface area contributed by atoms with E-state index in [1.54, 1.807) is 43.3 Å². The van der Waals surface area contributed by atoms with Gasteiger partial charge in [0.15, 0.2) is 6.61 Å². The fraction of sp³-hybridized carbons (Fsp3) is 0.167. The van der Waals surface area contributed by atoms with E-state index in [0.717, 1.165) is 4.47 Å². The molecule has 2 amide bonds. The highest BCUT2D eigenvalue weighted by molar-refractivity contribution is 9.11. The molecule has 0 heterocycles. The number of nitrogens with zero attached hydrogens (tertiary/aromatic N) is 1. The minimum atomic E-state index is -0.451. The minimum absolute atomic E-state index is 0.0256. The summed E-state index contributed by atoms with van der Waals surface area (Å²) in [5.41, 5.74) is 3.16. The minimum Gasteiger partial charge on any atom is -0.483 e. The van der Waals surface area contributed by atoms with E-state index < -0.39 is 5.91 Å². The van der Waals surface area contributed by atoms with Gasteiger partial charge >= 0.3 is 0 Å². The zero-order chi connectivity index (χ0) is 20.7. The maximum Gasteiger partial charge on any atom is 0.277 e. The number of amides is 2. The largest absolute Gasteiger partial charge is 0.483 e. The normalized spacial score (nSPS) is 11.1. The van der Waals surface area contributed by atoms with Crippen LogP contribution in [0.15, 0.2) is 50.4 Å². The highest BCUT2D eigenvalue weighted by Crippen LogP contribution is 2.29. The van der Waals surface area contributed by atoms with Gasteiger partial charge in [0.05, 0.1) is 26.6 Å². The van der Waals surface area contributed by atoms with Crippen LogP contribution in [0.3, 0.4) is 0 Å². The maximum atomic E-state index is 12.1. The van der Waals surface area contributed by atoms with E-state index in [4.69, 9.17) is 27.9 Å². The number of carbonyl (C=O) groups excluding carboxylic acids is 2. The molecule has 28 heavy (non-hydrogen) atoms. The Labute approximate surface area is 188 Å². The summed E-state index contributed by atoms with van der Waals surface area (Å²) in [6.45, 7) is 1.40. The summed E-state index contributed by atoms with van der Waals surface area (Å²) >= 11 is 18.6. The van der Waals surface area contributed by atoms with Crippen molar-refractivity contribution < 1.29 is 14.3 Å². The van der Waals surface area contributed by atoms with Gasteiger partial charge in [0.2, 0.25) is 5.91 Å². The fourth-order valence-electron chi connectivity index (χ4n) is 1.99. The van der Waals surface area contributed by atoms with Crippen molar-refractivity contribution >= 4 is 78.3 Å². The number of benzene rings is 2. The molecular weight excluding hydrogens is 537 g/mol. The SMILES string of the molecule is C/C(CC(=O)Nc1cccc(Cl)c1Cl)=N\NC(=O)COc1ccc(Br)cc1Br. The molecule has 0 fully saturated rings. The van der Waals surface area contributed by atoms with Crippen molar-refractivity contribution in [2.75, 3.05) is 11.9 Å². The molecule has 0 spiro atoms. The number of halogens is 4. The highest BCUT2D eigenvalue weighted by Gasteiger charge is 2.10. The second kappa shape index (κ2) is 10.8. The first-order valence-corrected chi connectivity index (χ1v) is 10.2. The number of nitrogens with one attached hydrogen (secondary N) is 2. The lowest BCUT2D eigenvalue weighted by molar-refractivity contribution is -0.123. The number of carbonyl (C=O) groups is 2. The first-order chi connectivity index (χ1) is 13.3. The average Bonchev–Trinajstić information content (AvgIpc) is 2.63. The van der Waals surface area contributed by atoms with Crippen molar-refractivity contribution in [3.05, 3.63) is 55.4 Å². The molecule has 0 saturated heterocycles. The zero-order valence-electron chi connectivity index (χ0n) is 14.6. The summed E-state index contributed by atoms with van der Waals surface area (Å²) in [7, 11) is 0. The monoisotopic (exact) mass is 549 g/mol. The average molecular weight is 552 g/mol. The van der Waals surface area contributed by atoms with Gasteiger partial charge in [-0.25, -0.2) is 5.43 Å². The molecule has 0 radical (unpaired) electrons. The summed E-state index contributed by atoms with van der Waals surface area (Å²) in [5.74, 6) is -0.265. The third kappa shape index (κ3) is 7.09. The zero-order valence-corrected chi connectivity index (χ0v) is 19.2. The van der Waals surface area contributed by atoms with Crippen molar-refractivity contribution in [2.45, 2.75) is 13.3 Å². The predicted octanol–water partition coefficient (Wildman–Crippen LogP) is 5.42. The van der Waals surface area contributed by atoms with Gasteiger partial charge in [-0.05, 0) is 53.2 Å². The van der Waals surface area contributed by atoms with Gasteiger partial charge in [-0.2, -0.15) is 5.10 Å². The van der Waals surface area contributed by atoms with Gasteiger partial charge in [-0.3, -0.25) is 9.59 Å². The summed E-state index contributed by atoms with van der Waals surface area (Å²) in [4.78, 5) is 23.9. The molecule has 0 unspecified atom stereocenters. The smallest absolute Gasteiger partial charge is 0.277 e. The Balaban J connectivity index is 1.81. The van der Waals surface area contributed by atoms with Crippen molar-refractivity contribution in [2.24, 2.45) is 5.10 Å².